The van der Waals surface area contributed by atoms with Gasteiger partial charge in [0.1, 0.15) is 0 Å². The van der Waals surface area contributed by atoms with E-state index in [1.807, 2.05) is 6.07 Å². The minimum absolute atomic E-state index is 0.0135. The second-order valence-corrected chi connectivity index (χ2v) is 6.06. The smallest absolute Gasteiger partial charge is 0.261 e. The van der Waals surface area contributed by atoms with Crippen LogP contribution in [0.2, 0.25) is 0 Å². The number of anilines is 1. The summed E-state index contributed by atoms with van der Waals surface area (Å²) < 4.78 is 26.9. The molecular formula is C15H12N2O3S. The highest BCUT2D eigenvalue weighted by atomic mass is 32.2. The summed E-state index contributed by atoms with van der Waals surface area (Å²) in [7, 11) is -3.77. The van der Waals surface area contributed by atoms with Crippen LogP contribution in [0.1, 0.15) is 22.8 Å². The predicted octanol–water partition coefficient (Wildman–Crippen LogP) is 2.56. The maximum Gasteiger partial charge on any atom is 0.261 e. The Bertz CT molecular complexity index is 819. The van der Waals surface area contributed by atoms with Crippen molar-refractivity contribution in [3.05, 3.63) is 59.7 Å². The Morgan fingerprint density at radius 1 is 1.14 bits per heavy atom. The van der Waals surface area contributed by atoms with Gasteiger partial charge in [0.25, 0.3) is 10.0 Å². The normalized spacial score (nSPS) is 10.7. The van der Waals surface area contributed by atoms with Crippen LogP contribution < -0.4 is 4.72 Å². The van der Waals surface area contributed by atoms with Gasteiger partial charge in [0, 0.05) is 11.3 Å². The number of hydrogen-bond acceptors (Lipinski definition) is 4. The Morgan fingerprint density at radius 2 is 1.81 bits per heavy atom. The van der Waals surface area contributed by atoms with Gasteiger partial charge in [0.15, 0.2) is 5.78 Å². The van der Waals surface area contributed by atoms with E-state index in [1.54, 1.807) is 6.07 Å². The van der Waals surface area contributed by atoms with Crippen molar-refractivity contribution in [3.63, 3.8) is 0 Å². The predicted molar refractivity (Wildman–Crippen MR) is 78.4 cm³/mol. The van der Waals surface area contributed by atoms with Crippen LogP contribution in [0.3, 0.4) is 0 Å². The maximum absolute atomic E-state index is 12.2. The van der Waals surface area contributed by atoms with Gasteiger partial charge in [-0.3, -0.25) is 9.52 Å². The Hall–Kier alpha value is -2.65. The van der Waals surface area contributed by atoms with Crippen LogP contribution in [-0.4, -0.2) is 14.2 Å². The zero-order valence-electron chi connectivity index (χ0n) is 11.2. The van der Waals surface area contributed by atoms with E-state index in [0.717, 1.165) is 0 Å². The molecule has 2 aromatic carbocycles. The molecule has 106 valence electrons. The summed E-state index contributed by atoms with van der Waals surface area (Å²) in [6.07, 6.45) is 0. The SMILES string of the molecule is CC(=O)c1cccc(S(=O)(=O)Nc2ccc(C#N)cc2)c1. The van der Waals surface area contributed by atoms with Gasteiger partial charge >= 0.3 is 0 Å². The molecule has 6 heteroatoms. The summed E-state index contributed by atoms with van der Waals surface area (Å²) in [5.74, 6) is -0.203. The number of Topliss-reactive ketones (excluding diaryl/α,β-unsaturated/α-hetero) is 1. The number of carbonyl (C=O) groups excluding carboxylic acids is 1. The van der Waals surface area contributed by atoms with Crippen LogP contribution in [0, 0.1) is 11.3 Å². The summed E-state index contributed by atoms with van der Waals surface area (Å²) in [4.78, 5) is 11.3. The van der Waals surface area contributed by atoms with E-state index in [4.69, 9.17) is 5.26 Å². The molecule has 0 saturated heterocycles. The van der Waals surface area contributed by atoms with Crippen molar-refractivity contribution < 1.29 is 13.2 Å². The summed E-state index contributed by atoms with van der Waals surface area (Å²) in [5, 5.41) is 8.70. The molecular weight excluding hydrogens is 288 g/mol. The van der Waals surface area contributed by atoms with Gasteiger partial charge in [-0.05, 0) is 43.3 Å². The molecule has 0 amide bonds. The number of nitrogens with zero attached hydrogens (tertiary/aromatic N) is 1. The van der Waals surface area contributed by atoms with Crippen molar-refractivity contribution in [2.45, 2.75) is 11.8 Å². The van der Waals surface area contributed by atoms with Crippen LogP contribution in [0.25, 0.3) is 0 Å². The minimum atomic E-state index is -3.77. The maximum atomic E-state index is 12.2. The van der Waals surface area contributed by atoms with Crippen LogP contribution in [0.5, 0.6) is 0 Å². The van der Waals surface area contributed by atoms with E-state index in [-0.39, 0.29) is 10.7 Å². The fourth-order valence-electron chi connectivity index (χ4n) is 1.71. The number of carbonyl (C=O) groups is 1. The second kappa shape index (κ2) is 5.77. The lowest BCUT2D eigenvalue weighted by Gasteiger charge is -2.08. The Labute approximate surface area is 122 Å². The third kappa shape index (κ3) is 3.46. The van der Waals surface area contributed by atoms with Crippen LogP contribution in [-0.2, 0) is 10.0 Å². The molecule has 0 fully saturated rings. The molecule has 0 saturated carbocycles. The van der Waals surface area contributed by atoms with E-state index in [0.29, 0.717) is 16.8 Å². The lowest BCUT2D eigenvalue weighted by molar-refractivity contribution is 0.101. The molecule has 0 spiro atoms. The number of rotatable bonds is 4. The second-order valence-electron chi connectivity index (χ2n) is 4.38. The summed E-state index contributed by atoms with van der Waals surface area (Å²) in [5.41, 5.74) is 1.12. The van der Waals surface area contributed by atoms with Crippen LogP contribution in [0.4, 0.5) is 5.69 Å². The largest absolute Gasteiger partial charge is 0.295 e. The van der Waals surface area contributed by atoms with Crippen molar-refractivity contribution in [2.75, 3.05) is 4.72 Å². The molecule has 0 bridgehead atoms. The zero-order chi connectivity index (χ0) is 15.5. The number of sulfonamides is 1. The summed E-state index contributed by atoms with van der Waals surface area (Å²) >= 11 is 0. The molecule has 21 heavy (non-hydrogen) atoms. The summed E-state index contributed by atoms with van der Waals surface area (Å²) in [6, 6.07) is 13.8. The first-order chi connectivity index (χ1) is 9.92. The first-order valence-corrected chi connectivity index (χ1v) is 7.55. The minimum Gasteiger partial charge on any atom is -0.295 e. The molecule has 2 rings (SSSR count). The highest BCUT2D eigenvalue weighted by Crippen LogP contribution is 2.17. The molecule has 0 aromatic heterocycles. The van der Waals surface area contributed by atoms with E-state index >= 15 is 0 Å². The van der Waals surface area contributed by atoms with Crippen molar-refractivity contribution in [1.82, 2.24) is 0 Å². The number of nitriles is 1. The van der Waals surface area contributed by atoms with Crippen LogP contribution >= 0.6 is 0 Å². The third-order valence-corrected chi connectivity index (χ3v) is 4.20. The number of nitrogens with one attached hydrogen (secondary N) is 1. The molecule has 5 nitrogen and oxygen atoms in total. The van der Waals surface area contributed by atoms with E-state index in [2.05, 4.69) is 4.72 Å². The number of hydrogen-bond donors (Lipinski definition) is 1. The highest BCUT2D eigenvalue weighted by molar-refractivity contribution is 7.92. The summed E-state index contributed by atoms with van der Waals surface area (Å²) in [6.45, 7) is 1.37. The lowest BCUT2D eigenvalue weighted by Crippen LogP contribution is -2.13. The quantitative estimate of drug-likeness (QED) is 0.879. The third-order valence-electron chi connectivity index (χ3n) is 2.82. The molecule has 0 aliphatic rings. The number of ketones is 1. The van der Waals surface area contributed by atoms with Gasteiger partial charge in [-0.2, -0.15) is 5.26 Å². The zero-order valence-corrected chi connectivity index (χ0v) is 12.0. The molecule has 0 heterocycles. The lowest BCUT2D eigenvalue weighted by atomic mass is 10.2. The van der Waals surface area contributed by atoms with Crippen LogP contribution in [0.15, 0.2) is 53.4 Å². The average molecular weight is 300 g/mol. The number of benzene rings is 2. The Morgan fingerprint density at radius 3 is 2.38 bits per heavy atom. The fraction of sp³-hybridized carbons (Fsp3) is 0.0667. The molecule has 0 atom stereocenters. The molecule has 1 N–H and O–H groups in total. The van der Waals surface area contributed by atoms with E-state index in [1.165, 1.54) is 49.4 Å². The first-order valence-electron chi connectivity index (χ1n) is 6.06. The van der Waals surface area contributed by atoms with E-state index < -0.39 is 10.0 Å². The van der Waals surface area contributed by atoms with E-state index in [9.17, 15) is 13.2 Å². The first kappa shape index (κ1) is 14.8. The van der Waals surface area contributed by atoms with Gasteiger partial charge in [-0.1, -0.05) is 12.1 Å². The van der Waals surface area contributed by atoms with Crippen molar-refractivity contribution >= 4 is 21.5 Å². The Balaban J connectivity index is 2.31. The fourth-order valence-corrected chi connectivity index (χ4v) is 2.81. The standard InChI is InChI=1S/C15H12N2O3S/c1-11(18)13-3-2-4-15(9-13)21(19,20)17-14-7-5-12(10-16)6-8-14/h2-9,17H,1H3. The molecule has 0 aliphatic heterocycles. The molecule has 0 radical (unpaired) electrons. The molecule has 0 unspecified atom stereocenters. The highest BCUT2D eigenvalue weighted by Gasteiger charge is 2.15. The molecule has 0 aliphatic carbocycles. The van der Waals surface area contributed by atoms with Gasteiger partial charge < -0.3 is 0 Å². The van der Waals surface area contributed by atoms with Gasteiger partial charge in [0.2, 0.25) is 0 Å². The van der Waals surface area contributed by atoms with Gasteiger partial charge in [-0.15, -0.1) is 0 Å². The van der Waals surface area contributed by atoms with Gasteiger partial charge in [0.05, 0.1) is 16.5 Å². The van der Waals surface area contributed by atoms with Crippen molar-refractivity contribution in [1.29, 1.82) is 5.26 Å². The Kier molecular flexibility index (Phi) is 4.05. The van der Waals surface area contributed by atoms with Crippen molar-refractivity contribution in [2.24, 2.45) is 0 Å². The van der Waals surface area contributed by atoms with Crippen molar-refractivity contribution in [3.8, 4) is 6.07 Å². The monoisotopic (exact) mass is 300 g/mol. The topological polar surface area (TPSA) is 87.0 Å². The van der Waals surface area contributed by atoms with Gasteiger partial charge in [-0.25, -0.2) is 8.42 Å². The average Bonchev–Trinajstić information content (AvgIpc) is 2.48. The molecule has 2 aromatic rings.